The molecule has 1 aromatic heterocycles. The smallest absolute Gasteiger partial charge is 0.124 e. The number of thiazole rings is 1. The Morgan fingerprint density at radius 2 is 1.15 bits per heavy atom. The molecule has 0 unspecified atom stereocenters. The van der Waals surface area contributed by atoms with Crippen LogP contribution >= 0.6 is 11.3 Å². The number of anilines is 2. The molecule has 0 saturated heterocycles. The van der Waals surface area contributed by atoms with Crippen LogP contribution in [-0.4, -0.2) is 4.98 Å². The van der Waals surface area contributed by atoms with Crippen LogP contribution in [-0.2, 0) is 10.8 Å². The second-order valence-electron chi connectivity index (χ2n) is 15.7. The number of rotatable bonds is 6. The van der Waals surface area contributed by atoms with Crippen molar-refractivity contribution in [2.75, 3.05) is 4.90 Å². The Hall–Kier alpha value is -6.03. The zero-order valence-electron chi connectivity index (χ0n) is 31.0. The zero-order chi connectivity index (χ0) is 36.6. The van der Waals surface area contributed by atoms with E-state index in [2.05, 4.69) is 202 Å². The van der Waals surface area contributed by atoms with E-state index in [9.17, 15) is 0 Å². The molecule has 0 bridgehead atoms. The Morgan fingerprint density at radius 3 is 1.96 bits per heavy atom. The first-order valence-electron chi connectivity index (χ1n) is 18.8. The lowest BCUT2D eigenvalue weighted by Crippen LogP contribution is -2.18. The molecule has 7 aromatic carbocycles. The van der Waals surface area contributed by atoms with E-state index in [1.165, 1.54) is 71.7 Å². The monoisotopic (exact) mass is 712 g/mol. The molecular weight excluding hydrogens is 673 g/mol. The van der Waals surface area contributed by atoms with Crippen molar-refractivity contribution in [2.24, 2.45) is 0 Å². The van der Waals surface area contributed by atoms with Crippen molar-refractivity contribution < 1.29 is 0 Å². The van der Waals surface area contributed by atoms with Crippen molar-refractivity contribution in [2.45, 2.75) is 38.5 Å². The predicted molar refractivity (Wildman–Crippen MR) is 230 cm³/mol. The summed E-state index contributed by atoms with van der Waals surface area (Å²) in [6.07, 6.45) is 2.48. The molecule has 0 atom stereocenters. The standard InChI is InChI=1S/C51H40N2S/c1-50(2)32-47(41-30-36(26-29-42(41)50)33-22-24-35(25-23-33)49-52-45-19-11-13-21-48(45)54-49)53(46-20-12-9-16-38(46)34-14-6-5-7-15-34)37-27-28-40-39-17-8-10-18-43(39)51(3,4)44(40)31-37/h5-32H,1-4H3. The summed E-state index contributed by atoms with van der Waals surface area (Å²) in [6, 6.07) is 60.0. The van der Waals surface area contributed by atoms with E-state index in [-0.39, 0.29) is 10.8 Å². The van der Waals surface area contributed by atoms with E-state index in [0.717, 1.165) is 21.8 Å². The Labute approximate surface area is 321 Å². The third-order valence-corrected chi connectivity index (χ3v) is 12.6. The molecule has 8 aromatic rings. The summed E-state index contributed by atoms with van der Waals surface area (Å²) in [5.41, 5.74) is 18.3. The highest BCUT2D eigenvalue weighted by Crippen LogP contribution is 2.53. The van der Waals surface area contributed by atoms with Crippen LogP contribution in [0.1, 0.15) is 49.9 Å². The Balaban J connectivity index is 1.12. The van der Waals surface area contributed by atoms with Crippen molar-refractivity contribution in [3.63, 3.8) is 0 Å². The average Bonchev–Trinajstić information content (AvgIpc) is 3.83. The molecule has 2 nitrogen and oxygen atoms in total. The first-order chi connectivity index (χ1) is 26.3. The number of benzene rings is 7. The van der Waals surface area contributed by atoms with Crippen LogP contribution in [0.4, 0.5) is 11.4 Å². The van der Waals surface area contributed by atoms with E-state index in [1.807, 2.05) is 0 Å². The molecule has 2 aliphatic carbocycles. The van der Waals surface area contributed by atoms with Crippen molar-refractivity contribution in [3.05, 3.63) is 192 Å². The van der Waals surface area contributed by atoms with E-state index < -0.39 is 0 Å². The molecule has 1 heterocycles. The van der Waals surface area contributed by atoms with Gasteiger partial charge in [0, 0.05) is 33.2 Å². The van der Waals surface area contributed by atoms with Gasteiger partial charge in [0.25, 0.3) is 0 Å². The second kappa shape index (κ2) is 12.3. The highest BCUT2D eigenvalue weighted by molar-refractivity contribution is 7.21. The lowest BCUT2D eigenvalue weighted by Gasteiger charge is -2.31. The molecule has 0 saturated carbocycles. The van der Waals surface area contributed by atoms with Crippen LogP contribution in [0.3, 0.4) is 0 Å². The third kappa shape index (κ3) is 5.18. The van der Waals surface area contributed by atoms with Crippen LogP contribution in [0.5, 0.6) is 0 Å². The van der Waals surface area contributed by atoms with Crippen molar-refractivity contribution in [1.82, 2.24) is 4.98 Å². The van der Waals surface area contributed by atoms with Gasteiger partial charge >= 0.3 is 0 Å². The van der Waals surface area contributed by atoms with Crippen LogP contribution in [0.25, 0.3) is 59.9 Å². The molecule has 0 spiro atoms. The van der Waals surface area contributed by atoms with Gasteiger partial charge in [0.15, 0.2) is 0 Å². The highest BCUT2D eigenvalue weighted by Gasteiger charge is 2.38. The topological polar surface area (TPSA) is 16.1 Å². The first-order valence-corrected chi connectivity index (χ1v) is 19.6. The number of hydrogen-bond donors (Lipinski definition) is 0. The summed E-state index contributed by atoms with van der Waals surface area (Å²) >= 11 is 1.75. The Kier molecular flexibility index (Phi) is 7.40. The summed E-state index contributed by atoms with van der Waals surface area (Å²) in [4.78, 5) is 7.44. The largest absolute Gasteiger partial charge is 0.310 e. The minimum Gasteiger partial charge on any atom is -0.310 e. The van der Waals surface area contributed by atoms with Gasteiger partial charge < -0.3 is 4.90 Å². The first kappa shape index (κ1) is 32.6. The fourth-order valence-electron chi connectivity index (χ4n) is 8.75. The van der Waals surface area contributed by atoms with Gasteiger partial charge in [0.1, 0.15) is 5.01 Å². The van der Waals surface area contributed by atoms with Gasteiger partial charge in [-0.3, -0.25) is 0 Å². The number of para-hydroxylation sites is 2. The van der Waals surface area contributed by atoms with Crippen LogP contribution in [0.2, 0.25) is 0 Å². The molecule has 0 N–H and O–H groups in total. The molecule has 54 heavy (non-hydrogen) atoms. The summed E-state index contributed by atoms with van der Waals surface area (Å²) in [5.74, 6) is 0. The fourth-order valence-corrected chi connectivity index (χ4v) is 9.72. The molecule has 0 fully saturated rings. The van der Waals surface area contributed by atoms with Gasteiger partial charge in [0.2, 0.25) is 0 Å². The number of fused-ring (bicyclic) bond motifs is 5. The molecular formula is C51H40N2S. The minimum absolute atomic E-state index is 0.113. The molecule has 10 rings (SSSR count). The van der Waals surface area contributed by atoms with Crippen molar-refractivity contribution >= 4 is 38.6 Å². The molecule has 0 aliphatic heterocycles. The van der Waals surface area contributed by atoms with Gasteiger partial charge in [-0.1, -0.05) is 155 Å². The summed E-state index contributed by atoms with van der Waals surface area (Å²) in [7, 11) is 0. The fraction of sp³-hybridized carbons (Fsp3) is 0.118. The summed E-state index contributed by atoms with van der Waals surface area (Å²) in [5, 5.41) is 1.05. The van der Waals surface area contributed by atoms with Crippen molar-refractivity contribution in [1.29, 1.82) is 0 Å². The summed E-state index contributed by atoms with van der Waals surface area (Å²) in [6.45, 7) is 9.42. The average molecular weight is 713 g/mol. The van der Waals surface area contributed by atoms with Crippen LogP contribution in [0, 0.1) is 0 Å². The lowest BCUT2D eigenvalue weighted by atomic mass is 9.82. The maximum absolute atomic E-state index is 4.91. The van der Waals surface area contributed by atoms with E-state index in [0.29, 0.717) is 0 Å². The van der Waals surface area contributed by atoms with E-state index >= 15 is 0 Å². The van der Waals surface area contributed by atoms with Crippen LogP contribution < -0.4 is 4.90 Å². The lowest BCUT2D eigenvalue weighted by molar-refractivity contribution is 0.660. The quantitative estimate of drug-likeness (QED) is 0.171. The molecule has 0 radical (unpaired) electrons. The predicted octanol–water partition coefficient (Wildman–Crippen LogP) is 14.1. The Morgan fingerprint density at radius 1 is 0.481 bits per heavy atom. The number of nitrogens with zero attached hydrogens (tertiary/aromatic N) is 2. The Bertz CT molecular complexity index is 2730. The minimum atomic E-state index is -0.161. The SMILES string of the molecule is CC1(C)C=C(N(c2ccc3c(c2)C(C)(C)c2ccccc2-3)c2ccccc2-c2ccccc2)c2cc(-c3ccc(-c4nc5ccccc5s4)cc3)ccc21. The van der Waals surface area contributed by atoms with Gasteiger partial charge in [-0.2, -0.15) is 0 Å². The van der Waals surface area contributed by atoms with Gasteiger partial charge in [-0.15, -0.1) is 11.3 Å². The van der Waals surface area contributed by atoms with Gasteiger partial charge in [0.05, 0.1) is 21.6 Å². The molecule has 0 amide bonds. The number of aromatic nitrogens is 1. The second-order valence-corrected chi connectivity index (χ2v) is 16.7. The maximum atomic E-state index is 4.91. The molecule has 260 valence electrons. The van der Waals surface area contributed by atoms with E-state index in [4.69, 9.17) is 4.98 Å². The van der Waals surface area contributed by atoms with E-state index in [1.54, 1.807) is 11.3 Å². The van der Waals surface area contributed by atoms with Gasteiger partial charge in [-0.25, -0.2) is 4.98 Å². The normalized spacial score (nSPS) is 14.7. The highest BCUT2D eigenvalue weighted by atomic mass is 32.1. The molecule has 2 aliphatic rings. The zero-order valence-corrected chi connectivity index (χ0v) is 31.8. The number of hydrogen-bond acceptors (Lipinski definition) is 3. The van der Waals surface area contributed by atoms with Crippen molar-refractivity contribution in [3.8, 4) is 44.0 Å². The van der Waals surface area contributed by atoms with Crippen LogP contribution in [0.15, 0.2) is 170 Å². The van der Waals surface area contributed by atoms with Gasteiger partial charge in [-0.05, 0) is 87.0 Å². The summed E-state index contributed by atoms with van der Waals surface area (Å²) < 4.78 is 1.21. The third-order valence-electron chi connectivity index (χ3n) is 11.5. The number of allylic oxidation sites excluding steroid dienone is 1. The maximum Gasteiger partial charge on any atom is 0.124 e. The molecule has 3 heteroatoms.